The Bertz CT molecular complexity index is 626. The highest BCUT2D eigenvalue weighted by molar-refractivity contribution is 7.07. The molecule has 0 spiro atoms. The predicted molar refractivity (Wildman–Crippen MR) is 84.7 cm³/mol. The first-order valence-corrected chi connectivity index (χ1v) is 7.77. The third-order valence-electron chi connectivity index (χ3n) is 3.50. The van der Waals surface area contributed by atoms with E-state index in [1.54, 1.807) is 31.4 Å². The number of hydrogen-bond acceptors (Lipinski definition) is 5. The zero-order chi connectivity index (χ0) is 15.4. The number of nitrogens with zero attached hydrogens (tertiary/aromatic N) is 2. The van der Waals surface area contributed by atoms with Gasteiger partial charge < -0.3 is 5.32 Å². The Morgan fingerprint density at radius 3 is 2.86 bits per heavy atom. The van der Waals surface area contributed by atoms with Crippen LogP contribution in [0.4, 0.5) is 5.69 Å². The highest BCUT2D eigenvalue weighted by Gasteiger charge is 2.18. The topological polar surface area (TPSA) is 68.1 Å². The first-order chi connectivity index (χ1) is 9.99. The molecule has 21 heavy (non-hydrogen) atoms. The summed E-state index contributed by atoms with van der Waals surface area (Å²) in [5.41, 5.74) is 3.47. The van der Waals surface area contributed by atoms with Crippen LogP contribution in [0.2, 0.25) is 0 Å². The van der Waals surface area contributed by atoms with Crippen molar-refractivity contribution in [1.82, 2.24) is 10.3 Å². The zero-order valence-electron chi connectivity index (χ0n) is 12.4. The Kier molecular flexibility index (Phi) is 5.03. The minimum Gasteiger partial charge on any atom is -0.308 e. The predicted octanol–water partition coefficient (Wildman–Crippen LogP) is 3.39. The summed E-state index contributed by atoms with van der Waals surface area (Å²) < 4.78 is 0. The number of nitrogens with one attached hydrogen (secondary N) is 1. The SMILES string of the molecule is Cc1cnc(CNC(C)Cc2ccsc2)c(C)c1[N+](=O)[O-]. The lowest BCUT2D eigenvalue weighted by Crippen LogP contribution is -2.28. The fourth-order valence-electron chi connectivity index (χ4n) is 2.33. The molecule has 1 unspecified atom stereocenters. The Morgan fingerprint density at radius 2 is 2.24 bits per heavy atom. The summed E-state index contributed by atoms with van der Waals surface area (Å²) in [5, 5.41) is 18.7. The lowest BCUT2D eigenvalue weighted by molar-refractivity contribution is -0.386. The van der Waals surface area contributed by atoms with Crippen molar-refractivity contribution in [2.24, 2.45) is 0 Å². The van der Waals surface area contributed by atoms with Crippen molar-refractivity contribution in [2.75, 3.05) is 0 Å². The minimum absolute atomic E-state index is 0.173. The number of nitro groups is 1. The molecule has 0 aliphatic rings. The maximum Gasteiger partial charge on any atom is 0.278 e. The molecule has 1 N–H and O–H groups in total. The van der Waals surface area contributed by atoms with E-state index in [1.165, 1.54) is 5.56 Å². The zero-order valence-corrected chi connectivity index (χ0v) is 13.2. The van der Waals surface area contributed by atoms with E-state index in [1.807, 2.05) is 0 Å². The molecule has 0 saturated heterocycles. The molecule has 2 aromatic rings. The minimum atomic E-state index is -0.329. The van der Waals surface area contributed by atoms with Gasteiger partial charge in [-0.1, -0.05) is 0 Å². The van der Waals surface area contributed by atoms with Crippen molar-refractivity contribution >= 4 is 17.0 Å². The fraction of sp³-hybridized carbons (Fsp3) is 0.400. The standard InChI is InChI=1S/C15H19N3O2S/c1-10-7-17-14(12(3)15(10)18(19)20)8-16-11(2)6-13-4-5-21-9-13/h4-5,7,9,11,16H,6,8H2,1-3H3. The molecule has 0 bridgehead atoms. The molecule has 5 nitrogen and oxygen atoms in total. The summed E-state index contributed by atoms with van der Waals surface area (Å²) in [5.74, 6) is 0. The van der Waals surface area contributed by atoms with Crippen LogP contribution in [0.5, 0.6) is 0 Å². The van der Waals surface area contributed by atoms with Gasteiger partial charge in [0.2, 0.25) is 0 Å². The van der Waals surface area contributed by atoms with Crippen molar-refractivity contribution in [3.8, 4) is 0 Å². The quantitative estimate of drug-likeness (QED) is 0.656. The van der Waals surface area contributed by atoms with E-state index in [-0.39, 0.29) is 10.6 Å². The monoisotopic (exact) mass is 305 g/mol. The molecular weight excluding hydrogens is 286 g/mol. The van der Waals surface area contributed by atoms with E-state index < -0.39 is 0 Å². The lowest BCUT2D eigenvalue weighted by Gasteiger charge is -2.14. The van der Waals surface area contributed by atoms with Gasteiger partial charge in [-0.05, 0) is 49.6 Å². The van der Waals surface area contributed by atoms with E-state index in [2.05, 4.69) is 34.1 Å². The average molecular weight is 305 g/mol. The Labute approximate surface area is 128 Å². The summed E-state index contributed by atoms with van der Waals surface area (Å²) in [4.78, 5) is 15.1. The third-order valence-corrected chi connectivity index (χ3v) is 4.23. The maximum atomic E-state index is 11.1. The van der Waals surface area contributed by atoms with Gasteiger partial charge >= 0.3 is 0 Å². The summed E-state index contributed by atoms with van der Waals surface area (Å²) in [6.07, 6.45) is 2.52. The molecule has 0 radical (unpaired) electrons. The smallest absolute Gasteiger partial charge is 0.278 e. The van der Waals surface area contributed by atoms with Crippen LogP contribution >= 0.6 is 11.3 Å². The Morgan fingerprint density at radius 1 is 1.48 bits per heavy atom. The molecule has 2 heterocycles. The number of aromatic nitrogens is 1. The Hall–Kier alpha value is -1.79. The van der Waals surface area contributed by atoms with Gasteiger partial charge in [-0.15, -0.1) is 0 Å². The van der Waals surface area contributed by atoms with Gasteiger partial charge in [0.1, 0.15) is 0 Å². The van der Waals surface area contributed by atoms with Gasteiger partial charge in [0.15, 0.2) is 0 Å². The second-order valence-corrected chi connectivity index (χ2v) is 6.02. The molecule has 0 aromatic carbocycles. The van der Waals surface area contributed by atoms with Gasteiger partial charge in [-0.2, -0.15) is 11.3 Å². The molecule has 6 heteroatoms. The van der Waals surface area contributed by atoms with Crippen LogP contribution in [-0.4, -0.2) is 15.9 Å². The van der Waals surface area contributed by atoms with Crippen LogP contribution in [0.15, 0.2) is 23.0 Å². The van der Waals surface area contributed by atoms with Crippen molar-refractivity contribution < 1.29 is 4.92 Å². The number of hydrogen-bond donors (Lipinski definition) is 1. The molecule has 1 atom stereocenters. The van der Waals surface area contributed by atoms with Crippen LogP contribution in [-0.2, 0) is 13.0 Å². The van der Waals surface area contributed by atoms with E-state index in [0.29, 0.717) is 23.7 Å². The second kappa shape index (κ2) is 6.78. The molecule has 112 valence electrons. The highest BCUT2D eigenvalue weighted by atomic mass is 32.1. The van der Waals surface area contributed by atoms with Crippen molar-refractivity contribution in [1.29, 1.82) is 0 Å². The van der Waals surface area contributed by atoms with Gasteiger partial charge in [-0.3, -0.25) is 15.1 Å². The molecule has 0 aliphatic carbocycles. The third kappa shape index (κ3) is 3.86. The van der Waals surface area contributed by atoms with Gasteiger partial charge in [0, 0.05) is 29.9 Å². The van der Waals surface area contributed by atoms with Crippen molar-refractivity contribution in [2.45, 2.75) is 39.8 Å². The number of thiophene rings is 1. The van der Waals surface area contributed by atoms with Gasteiger partial charge in [-0.25, -0.2) is 0 Å². The van der Waals surface area contributed by atoms with Crippen LogP contribution in [0, 0.1) is 24.0 Å². The number of rotatable bonds is 6. The van der Waals surface area contributed by atoms with E-state index in [0.717, 1.165) is 12.1 Å². The maximum absolute atomic E-state index is 11.1. The summed E-state index contributed by atoms with van der Waals surface area (Å²) in [6, 6.07) is 2.41. The first-order valence-electron chi connectivity index (χ1n) is 6.83. The first kappa shape index (κ1) is 15.6. The normalized spacial score (nSPS) is 12.3. The summed E-state index contributed by atoms with van der Waals surface area (Å²) in [7, 11) is 0. The van der Waals surface area contributed by atoms with E-state index in [4.69, 9.17) is 0 Å². The van der Waals surface area contributed by atoms with Crippen LogP contribution < -0.4 is 5.32 Å². The van der Waals surface area contributed by atoms with Crippen LogP contribution in [0.1, 0.15) is 29.3 Å². The molecular formula is C15H19N3O2S. The summed E-state index contributed by atoms with van der Waals surface area (Å²) in [6.45, 7) is 6.13. The molecule has 2 rings (SSSR count). The molecule has 0 fully saturated rings. The molecule has 0 aliphatic heterocycles. The van der Waals surface area contributed by atoms with Gasteiger partial charge in [0.05, 0.1) is 10.6 Å². The average Bonchev–Trinajstić information content (AvgIpc) is 2.90. The van der Waals surface area contributed by atoms with Crippen molar-refractivity contribution in [3.05, 3.63) is 55.5 Å². The fourth-order valence-corrected chi connectivity index (χ4v) is 3.01. The highest BCUT2D eigenvalue weighted by Crippen LogP contribution is 2.24. The molecule has 0 saturated carbocycles. The van der Waals surface area contributed by atoms with Crippen molar-refractivity contribution in [3.63, 3.8) is 0 Å². The van der Waals surface area contributed by atoms with Crippen LogP contribution in [0.25, 0.3) is 0 Å². The largest absolute Gasteiger partial charge is 0.308 e. The van der Waals surface area contributed by atoms with E-state index in [9.17, 15) is 10.1 Å². The molecule has 2 aromatic heterocycles. The second-order valence-electron chi connectivity index (χ2n) is 5.24. The number of pyridine rings is 1. The van der Waals surface area contributed by atoms with Gasteiger partial charge in [0.25, 0.3) is 5.69 Å². The summed E-state index contributed by atoms with van der Waals surface area (Å²) >= 11 is 1.69. The number of aryl methyl sites for hydroxylation is 1. The van der Waals surface area contributed by atoms with E-state index >= 15 is 0 Å². The van der Waals surface area contributed by atoms with Crippen LogP contribution in [0.3, 0.4) is 0 Å². The lowest BCUT2D eigenvalue weighted by atomic mass is 10.1. The molecule has 0 amide bonds. The Balaban J connectivity index is 2.03.